The number of aryl methyl sites for hydroxylation is 1. The van der Waals surface area contributed by atoms with Crippen LogP contribution in [0.15, 0.2) is 53.0 Å². The van der Waals surface area contributed by atoms with Crippen molar-refractivity contribution in [3.63, 3.8) is 0 Å². The van der Waals surface area contributed by atoms with E-state index in [0.29, 0.717) is 12.1 Å². The maximum atomic E-state index is 3.82. The van der Waals surface area contributed by atoms with Crippen LogP contribution in [0, 0.1) is 0 Å². The van der Waals surface area contributed by atoms with Gasteiger partial charge >= 0.3 is 0 Å². The average Bonchev–Trinajstić information content (AvgIpc) is 2.95. The third-order valence-electron chi connectivity index (χ3n) is 4.92. The quantitative estimate of drug-likeness (QED) is 0.613. The molecule has 0 amide bonds. The molecule has 3 aromatic rings. The van der Waals surface area contributed by atoms with Gasteiger partial charge in [-0.25, -0.2) is 0 Å². The van der Waals surface area contributed by atoms with Crippen molar-refractivity contribution in [1.82, 2.24) is 10.3 Å². The maximum Gasteiger partial charge on any atom is 0.0480 e. The summed E-state index contributed by atoms with van der Waals surface area (Å²) in [6, 6.07) is 18.0. The Morgan fingerprint density at radius 1 is 1.17 bits per heavy atom. The second kappa shape index (κ2) is 6.14. The maximum absolute atomic E-state index is 3.82. The molecule has 0 saturated carbocycles. The van der Waals surface area contributed by atoms with E-state index in [4.69, 9.17) is 0 Å². The van der Waals surface area contributed by atoms with E-state index in [1.165, 1.54) is 47.0 Å². The first-order chi connectivity index (χ1) is 11.2. The summed E-state index contributed by atoms with van der Waals surface area (Å²) in [5.74, 6) is 0. The molecule has 0 bridgehead atoms. The van der Waals surface area contributed by atoms with Crippen LogP contribution in [0.2, 0.25) is 0 Å². The Morgan fingerprint density at radius 2 is 2.00 bits per heavy atom. The smallest absolute Gasteiger partial charge is 0.0480 e. The lowest BCUT2D eigenvalue weighted by molar-refractivity contribution is 0.410. The fourth-order valence-electron chi connectivity index (χ4n) is 3.74. The fraction of sp³-hybridized carbons (Fsp3) is 0.300. The Bertz CT molecular complexity index is 822. The van der Waals surface area contributed by atoms with Crippen LogP contribution in [-0.2, 0) is 6.42 Å². The van der Waals surface area contributed by atoms with E-state index in [2.05, 4.69) is 81.7 Å². The van der Waals surface area contributed by atoms with Crippen LogP contribution in [0.1, 0.15) is 48.7 Å². The number of fused-ring (bicyclic) bond motifs is 3. The Balaban J connectivity index is 1.66. The highest BCUT2D eigenvalue weighted by atomic mass is 79.9. The van der Waals surface area contributed by atoms with Gasteiger partial charge in [-0.1, -0.05) is 46.3 Å². The molecule has 2 atom stereocenters. The Hall–Kier alpha value is -1.58. The van der Waals surface area contributed by atoms with E-state index < -0.39 is 0 Å². The summed E-state index contributed by atoms with van der Waals surface area (Å²) in [4.78, 5) is 3.67. The van der Waals surface area contributed by atoms with Crippen LogP contribution in [0.4, 0.5) is 0 Å². The zero-order chi connectivity index (χ0) is 15.8. The molecule has 0 fully saturated rings. The molecule has 2 N–H and O–H groups in total. The molecule has 2 nitrogen and oxygen atoms in total. The Kier molecular flexibility index (Phi) is 4.00. The first kappa shape index (κ1) is 15.0. The molecular formula is C20H21BrN2. The van der Waals surface area contributed by atoms with Crippen molar-refractivity contribution in [2.45, 2.75) is 38.3 Å². The lowest BCUT2D eigenvalue weighted by atomic mass is 9.91. The average molecular weight is 369 g/mol. The van der Waals surface area contributed by atoms with Crippen molar-refractivity contribution < 1.29 is 0 Å². The van der Waals surface area contributed by atoms with Gasteiger partial charge in [0.2, 0.25) is 0 Å². The molecule has 1 aromatic heterocycles. The van der Waals surface area contributed by atoms with Gasteiger partial charge in [0.15, 0.2) is 0 Å². The number of halogens is 1. The van der Waals surface area contributed by atoms with Gasteiger partial charge in [0.25, 0.3) is 0 Å². The molecule has 0 saturated heterocycles. The Labute approximate surface area is 145 Å². The molecule has 0 radical (unpaired) electrons. The lowest BCUT2D eigenvalue weighted by Crippen LogP contribution is -2.27. The summed E-state index contributed by atoms with van der Waals surface area (Å²) in [7, 11) is 0. The number of benzene rings is 2. The van der Waals surface area contributed by atoms with Crippen LogP contribution < -0.4 is 5.32 Å². The zero-order valence-corrected chi connectivity index (χ0v) is 14.9. The van der Waals surface area contributed by atoms with Gasteiger partial charge < -0.3 is 10.3 Å². The highest BCUT2D eigenvalue weighted by Gasteiger charge is 2.25. The fourth-order valence-corrected chi connectivity index (χ4v) is 4.10. The molecule has 2 aromatic carbocycles. The number of aromatic nitrogens is 1. The molecule has 0 spiro atoms. The van der Waals surface area contributed by atoms with E-state index in [9.17, 15) is 0 Å². The van der Waals surface area contributed by atoms with Crippen LogP contribution in [0.3, 0.4) is 0 Å². The van der Waals surface area contributed by atoms with Crippen molar-refractivity contribution in [1.29, 1.82) is 0 Å². The zero-order valence-electron chi connectivity index (χ0n) is 13.3. The monoisotopic (exact) mass is 368 g/mol. The highest BCUT2D eigenvalue weighted by molar-refractivity contribution is 9.10. The van der Waals surface area contributed by atoms with E-state index in [-0.39, 0.29) is 0 Å². The second-order valence-electron chi connectivity index (χ2n) is 6.45. The molecule has 118 valence electrons. The van der Waals surface area contributed by atoms with Gasteiger partial charge in [-0.15, -0.1) is 0 Å². The molecule has 23 heavy (non-hydrogen) atoms. The van der Waals surface area contributed by atoms with Crippen LogP contribution in [-0.4, -0.2) is 4.98 Å². The predicted octanol–water partition coefficient (Wildman–Crippen LogP) is 5.66. The van der Waals surface area contributed by atoms with E-state index in [1.807, 2.05) is 0 Å². The summed E-state index contributed by atoms with van der Waals surface area (Å²) in [5.41, 5.74) is 5.47. The van der Waals surface area contributed by atoms with Crippen LogP contribution >= 0.6 is 15.9 Å². The molecule has 0 unspecified atom stereocenters. The van der Waals surface area contributed by atoms with E-state index >= 15 is 0 Å². The summed E-state index contributed by atoms with van der Waals surface area (Å²) in [5, 5.41) is 5.19. The van der Waals surface area contributed by atoms with Crippen molar-refractivity contribution in [3.8, 4) is 0 Å². The SMILES string of the molecule is C[C@H](N[C@@H]1CCCc2c1[nH]c1ccc(Br)cc21)c1ccccc1. The summed E-state index contributed by atoms with van der Waals surface area (Å²) < 4.78 is 1.15. The van der Waals surface area contributed by atoms with Gasteiger partial charge in [-0.3, -0.25) is 0 Å². The largest absolute Gasteiger partial charge is 0.357 e. The van der Waals surface area contributed by atoms with E-state index in [1.54, 1.807) is 0 Å². The normalized spacial score (nSPS) is 18.8. The molecule has 4 rings (SSSR count). The van der Waals surface area contributed by atoms with Gasteiger partial charge in [-0.2, -0.15) is 0 Å². The van der Waals surface area contributed by atoms with Gasteiger partial charge in [-0.05, 0) is 55.5 Å². The molecule has 1 aliphatic rings. The van der Waals surface area contributed by atoms with Gasteiger partial charge in [0.05, 0.1) is 0 Å². The summed E-state index contributed by atoms with van der Waals surface area (Å²) in [6.07, 6.45) is 3.60. The number of rotatable bonds is 3. The standard InChI is InChI=1S/C20H21BrN2/c1-13(14-6-3-2-4-7-14)22-19-9-5-8-16-17-12-15(21)10-11-18(17)23-20(16)19/h2-4,6-7,10-13,19,22-23H,5,8-9H2,1H3/t13-,19+/m0/s1. The number of aromatic amines is 1. The first-order valence-electron chi connectivity index (χ1n) is 8.33. The third kappa shape index (κ3) is 2.84. The van der Waals surface area contributed by atoms with Crippen molar-refractivity contribution in [2.75, 3.05) is 0 Å². The molecule has 3 heteroatoms. The van der Waals surface area contributed by atoms with Crippen molar-refractivity contribution >= 4 is 26.8 Å². The van der Waals surface area contributed by atoms with Crippen molar-refractivity contribution in [2.24, 2.45) is 0 Å². The minimum absolute atomic E-state index is 0.352. The number of hydrogen-bond acceptors (Lipinski definition) is 1. The van der Waals surface area contributed by atoms with Gasteiger partial charge in [0.1, 0.15) is 0 Å². The number of nitrogens with one attached hydrogen (secondary N) is 2. The summed E-state index contributed by atoms with van der Waals surface area (Å²) in [6.45, 7) is 2.25. The Morgan fingerprint density at radius 3 is 2.83 bits per heavy atom. The van der Waals surface area contributed by atoms with Crippen LogP contribution in [0.5, 0.6) is 0 Å². The minimum Gasteiger partial charge on any atom is -0.357 e. The molecule has 1 heterocycles. The third-order valence-corrected chi connectivity index (χ3v) is 5.41. The minimum atomic E-state index is 0.352. The van der Waals surface area contributed by atoms with Crippen molar-refractivity contribution in [3.05, 3.63) is 69.8 Å². The second-order valence-corrected chi connectivity index (χ2v) is 7.37. The summed E-state index contributed by atoms with van der Waals surface area (Å²) >= 11 is 3.60. The lowest BCUT2D eigenvalue weighted by Gasteiger charge is -2.27. The first-order valence-corrected chi connectivity index (χ1v) is 9.12. The topological polar surface area (TPSA) is 27.8 Å². The number of H-pyrrole nitrogens is 1. The van der Waals surface area contributed by atoms with Crippen LogP contribution in [0.25, 0.3) is 10.9 Å². The van der Waals surface area contributed by atoms with E-state index in [0.717, 1.165) is 4.47 Å². The predicted molar refractivity (Wildman–Crippen MR) is 99.7 cm³/mol. The highest BCUT2D eigenvalue weighted by Crippen LogP contribution is 2.36. The molecule has 1 aliphatic carbocycles. The molecule has 0 aliphatic heterocycles. The molecular weight excluding hydrogens is 348 g/mol. The van der Waals surface area contributed by atoms with Gasteiger partial charge in [0, 0.05) is 33.2 Å². The number of hydrogen-bond donors (Lipinski definition) is 2.